The fraction of sp³-hybridized carbons (Fsp3) is 0.800. The van der Waals surface area contributed by atoms with Crippen molar-refractivity contribution in [1.29, 1.82) is 0 Å². The lowest BCUT2D eigenvalue weighted by Gasteiger charge is -2.28. The fourth-order valence-electron chi connectivity index (χ4n) is 9.56. The van der Waals surface area contributed by atoms with Gasteiger partial charge in [-0.1, -0.05) is 286 Å². The van der Waals surface area contributed by atoms with Crippen LogP contribution in [0.15, 0.2) is 72.9 Å². The number of hydrogen-bond donors (Lipinski definition) is 0. The SMILES string of the molecule is CC/C=C\C/C=C\C/C=C\C/C=C\CCCCCCCCCCCCCCCCCCCCCCCCCCC(=O)OC(COC(=O)CCCCCCCCCCC/C=C\C/C=C\CCCCC)COP(=O)([O-])OCC[N+](C)(C)C. The number of hydrogen-bond acceptors (Lipinski definition) is 8. The highest BCUT2D eigenvalue weighted by Crippen LogP contribution is 2.38. The van der Waals surface area contributed by atoms with E-state index in [2.05, 4.69) is 86.8 Å². The zero-order valence-corrected chi connectivity index (χ0v) is 53.9. The molecule has 0 amide bonds. The zero-order valence-electron chi connectivity index (χ0n) is 53.0. The molecule has 0 rings (SSSR count). The molecule has 0 spiro atoms. The van der Waals surface area contributed by atoms with Gasteiger partial charge in [0.1, 0.15) is 19.8 Å². The molecule has 0 aliphatic heterocycles. The quantitative estimate of drug-likeness (QED) is 0.0195. The van der Waals surface area contributed by atoms with Crippen LogP contribution in [0.4, 0.5) is 0 Å². The Hall–Kier alpha value is -2.55. The summed E-state index contributed by atoms with van der Waals surface area (Å²) in [5.74, 6) is -0.826. The monoisotopic (exact) mass is 1140 g/mol. The predicted octanol–water partition coefficient (Wildman–Crippen LogP) is 21.0. The number of carbonyl (C=O) groups is 2. The Morgan fingerprint density at radius 1 is 0.400 bits per heavy atom. The van der Waals surface area contributed by atoms with E-state index in [9.17, 15) is 19.0 Å². The minimum Gasteiger partial charge on any atom is -0.756 e. The largest absolute Gasteiger partial charge is 0.756 e. The highest BCUT2D eigenvalue weighted by Gasteiger charge is 2.22. The van der Waals surface area contributed by atoms with Gasteiger partial charge in [-0.15, -0.1) is 0 Å². The van der Waals surface area contributed by atoms with Gasteiger partial charge in [0.05, 0.1) is 27.7 Å². The maximum Gasteiger partial charge on any atom is 0.306 e. The Labute approximate surface area is 495 Å². The lowest BCUT2D eigenvalue weighted by molar-refractivity contribution is -0.870. The molecule has 10 heteroatoms. The number of nitrogens with zero attached hydrogens (tertiary/aromatic N) is 1. The average molecular weight is 1140 g/mol. The molecule has 0 fully saturated rings. The summed E-state index contributed by atoms with van der Waals surface area (Å²) >= 11 is 0. The molecule has 0 aromatic heterocycles. The fourth-order valence-corrected chi connectivity index (χ4v) is 10.3. The van der Waals surface area contributed by atoms with Crippen LogP contribution in [0.2, 0.25) is 0 Å². The second-order valence-electron chi connectivity index (χ2n) is 23.8. The standard InChI is InChI=1S/C70H128NO8P/c1-6-8-10-12-14-16-18-20-22-24-26-27-28-29-30-31-32-33-34-35-36-37-38-39-40-41-42-43-45-47-49-51-53-55-57-59-61-63-70(73)79-68(67-78-80(74,75)77-65-64-71(3,4)5)66-76-69(72)62-60-58-56-54-52-50-48-46-44-25-23-21-19-17-15-13-11-9-7-2/h8,10,14-17,20-23,26-27,68H,6-7,9,11-13,18-19,24-25,28-67H2,1-5H3/b10-8-,16-14-,17-15-,22-20-,23-21-,27-26-. The van der Waals surface area contributed by atoms with Crippen molar-refractivity contribution < 1.29 is 42.1 Å². The highest BCUT2D eigenvalue weighted by atomic mass is 31.2. The van der Waals surface area contributed by atoms with Crippen LogP contribution < -0.4 is 4.89 Å². The molecule has 0 heterocycles. The third kappa shape index (κ3) is 64.6. The van der Waals surface area contributed by atoms with Crippen LogP contribution in [-0.4, -0.2) is 70.0 Å². The molecule has 0 saturated carbocycles. The topological polar surface area (TPSA) is 111 Å². The third-order valence-electron chi connectivity index (χ3n) is 14.7. The molecule has 0 bridgehead atoms. The van der Waals surface area contributed by atoms with Crippen molar-refractivity contribution in [2.45, 2.75) is 315 Å². The van der Waals surface area contributed by atoms with E-state index in [1.54, 1.807) is 0 Å². The molecule has 2 atom stereocenters. The van der Waals surface area contributed by atoms with Gasteiger partial charge in [0.2, 0.25) is 0 Å². The van der Waals surface area contributed by atoms with Crippen molar-refractivity contribution >= 4 is 19.8 Å². The summed E-state index contributed by atoms with van der Waals surface area (Å²) in [4.78, 5) is 38.0. The van der Waals surface area contributed by atoms with Crippen LogP contribution in [0.5, 0.6) is 0 Å². The Kier molecular flexibility index (Phi) is 59.1. The summed E-state index contributed by atoms with van der Waals surface area (Å²) in [7, 11) is 1.17. The van der Waals surface area contributed by atoms with Crippen molar-refractivity contribution in [2.24, 2.45) is 0 Å². The van der Waals surface area contributed by atoms with E-state index >= 15 is 0 Å². The molecule has 0 aliphatic carbocycles. The first-order valence-corrected chi connectivity index (χ1v) is 35.1. The molecule has 9 nitrogen and oxygen atoms in total. The Morgan fingerprint density at radius 3 is 1.06 bits per heavy atom. The number of phosphoric ester groups is 1. The highest BCUT2D eigenvalue weighted by molar-refractivity contribution is 7.45. The van der Waals surface area contributed by atoms with E-state index in [4.69, 9.17) is 18.5 Å². The van der Waals surface area contributed by atoms with Crippen LogP contribution in [0.25, 0.3) is 0 Å². The summed E-state index contributed by atoms with van der Waals surface area (Å²) in [5, 5.41) is 0. The van der Waals surface area contributed by atoms with E-state index in [1.807, 2.05) is 21.1 Å². The second-order valence-corrected chi connectivity index (χ2v) is 25.2. The van der Waals surface area contributed by atoms with Gasteiger partial charge in [-0.3, -0.25) is 14.2 Å². The number of unbranched alkanes of at least 4 members (excludes halogenated alkanes) is 36. The first kappa shape index (κ1) is 77.5. The van der Waals surface area contributed by atoms with E-state index in [0.717, 1.165) is 64.2 Å². The van der Waals surface area contributed by atoms with Gasteiger partial charge >= 0.3 is 11.9 Å². The number of phosphoric acid groups is 1. The maximum atomic E-state index is 12.8. The first-order chi connectivity index (χ1) is 39.0. The van der Waals surface area contributed by atoms with Crippen molar-refractivity contribution in [1.82, 2.24) is 0 Å². The van der Waals surface area contributed by atoms with Gasteiger partial charge in [-0.25, -0.2) is 0 Å². The van der Waals surface area contributed by atoms with Crippen molar-refractivity contribution in [2.75, 3.05) is 47.5 Å². The number of quaternary nitrogens is 1. The normalized spacial score (nSPS) is 13.6. The first-order valence-electron chi connectivity index (χ1n) is 33.6. The smallest absolute Gasteiger partial charge is 0.306 e. The second kappa shape index (κ2) is 61.0. The van der Waals surface area contributed by atoms with Crippen LogP contribution in [0, 0.1) is 0 Å². The van der Waals surface area contributed by atoms with Gasteiger partial charge in [-0.05, 0) is 83.5 Å². The molecule has 0 N–H and O–H groups in total. The van der Waals surface area contributed by atoms with E-state index in [0.29, 0.717) is 17.4 Å². The van der Waals surface area contributed by atoms with E-state index in [-0.39, 0.29) is 32.0 Å². The summed E-state index contributed by atoms with van der Waals surface area (Å²) in [6.45, 7) is 4.13. The average Bonchev–Trinajstić information content (AvgIpc) is 3.42. The molecule has 2 unspecified atom stereocenters. The Bertz CT molecular complexity index is 1580. The van der Waals surface area contributed by atoms with Gasteiger partial charge in [-0.2, -0.15) is 0 Å². The lowest BCUT2D eigenvalue weighted by atomic mass is 10.0. The predicted molar refractivity (Wildman–Crippen MR) is 342 cm³/mol. The van der Waals surface area contributed by atoms with Crippen LogP contribution in [-0.2, 0) is 32.7 Å². The molecule has 0 aliphatic rings. The molecule has 466 valence electrons. The van der Waals surface area contributed by atoms with Gasteiger partial charge in [0, 0.05) is 12.8 Å². The summed E-state index contributed by atoms with van der Waals surface area (Å²) in [5.41, 5.74) is 0. The van der Waals surface area contributed by atoms with Crippen LogP contribution in [0.1, 0.15) is 309 Å². The summed E-state index contributed by atoms with van der Waals surface area (Å²) in [6.07, 6.45) is 81.3. The van der Waals surface area contributed by atoms with E-state index < -0.39 is 26.5 Å². The van der Waals surface area contributed by atoms with Crippen molar-refractivity contribution in [3.05, 3.63) is 72.9 Å². The third-order valence-corrected chi connectivity index (χ3v) is 15.7. The lowest BCUT2D eigenvalue weighted by Crippen LogP contribution is -2.37. The number of allylic oxidation sites excluding steroid dienone is 12. The molecule has 0 aromatic carbocycles. The Morgan fingerprint density at radius 2 is 0.713 bits per heavy atom. The molecular weight excluding hydrogens is 1010 g/mol. The molecule has 0 radical (unpaired) electrons. The van der Waals surface area contributed by atoms with Crippen molar-refractivity contribution in [3.8, 4) is 0 Å². The summed E-state index contributed by atoms with van der Waals surface area (Å²) in [6, 6.07) is 0. The van der Waals surface area contributed by atoms with Crippen LogP contribution >= 0.6 is 7.82 Å². The number of rotatable bonds is 62. The zero-order chi connectivity index (χ0) is 58.4. The molecular formula is C70H128NO8P. The number of ether oxygens (including phenoxy) is 2. The molecule has 0 saturated heterocycles. The maximum absolute atomic E-state index is 12.8. The van der Waals surface area contributed by atoms with Crippen LogP contribution in [0.3, 0.4) is 0 Å². The molecule has 80 heavy (non-hydrogen) atoms. The van der Waals surface area contributed by atoms with Gasteiger partial charge in [0.25, 0.3) is 7.82 Å². The summed E-state index contributed by atoms with van der Waals surface area (Å²) < 4.78 is 34.3. The minimum atomic E-state index is -4.64. The molecule has 0 aromatic rings. The van der Waals surface area contributed by atoms with Crippen molar-refractivity contribution in [3.63, 3.8) is 0 Å². The number of esters is 2. The minimum absolute atomic E-state index is 0.0313. The Balaban J connectivity index is 3.96. The number of likely N-dealkylation sites (N-methyl/N-ethyl adjacent to an activating group) is 1. The van der Waals surface area contributed by atoms with Gasteiger partial charge < -0.3 is 27.9 Å². The van der Waals surface area contributed by atoms with Gasteiger partial charge in [0.15, 0.2) is 6.10 Å². The van der Waals surface area contributed by atoms with E-state index in [1.165, 1.54) is 212 Å². The number of carbonyl (C=O) groups excluding carboxylic acids is 2.